The monoisotopic (exact) mass is 355 g/mol. The van der Waals surface area contributed by atoms with Crippen LogP contribution in [0.3, 0.4) is 0 Å². The first kappa shape index (κ1) is 17.2. The molecule has 4 rings (SSSR count). The van der Waals surface area contributed by atoms with Crippen molar-refractivity contribution < 1.29 is 13.9 Å². The van der Waals surface area contributed by atoms with Gasteiger partial charge in [0.2, 0.25) is 5.91 Å². The van der Waals surface area contributed by atoms with Crippen LogP contribution in [0, 0.1) is 0 Å². The number of likely N-dealkylation sites (tertiary alicyclic amines) is 1. The summed E-state index contributed by atoms with van der Waals surface area (Å²) in [4.78, 5) is 21.2. The molecule has 0 aromatic carbocycles. The van der Waals surface area contributed by atoms with Crippen molar-refractivity contribution in [2.24, 2.45) is 0 Å². The van der Waals surface area contributed by atoms with Gasteiger partial charge in [-0.2, -0.15) is 0 Å². The number of rotatable bonds is 4. The molecule has 6 heteroatoms. The number of aromatic nitrogens is 1. The van der Waals surface area contributed by atoms with E-state index in [1.807, 2.05) is 29.2 Å². The Hall–Kier alpha value is -2.18. The number of nitrogens with zero attached hydrogens (tertiary/aromatic N) is 3. The molecular formula is C20H25N3O3. The van der Waals surface area contributed by atoms with Crippen molar-refractivity contribution in [1.29, 1.82) is 0 Å². The number of carbonyl (C=O) groups excluding carboxylic acids is 1. The highest BCUT2D eigenvalue weighted by molar-refractivity contribution is 5.78. The van der Waals surface area contributed by atoms with Crippen molar-refractivity contribution in [3.63, 3.8) is 0 Å². The van der Waals surface area contributed by atoms with E-state index in [0.29, 0.717) is 6.42 Å². The first-order valence-electron chi connectivity index (χ1n) is 9.28. The van der Waals surface area contributed by atoms with Crippen LogP contribution in [0.15, 0.2) is 47.4 Å². The first-order valence-corrected chi connectivity index (χ1v) is 9.28. The summed E-state index contributed by atoms with van der Waals surface area (Å²) in [6, 6.07) is 7.71. The summed E-state index contributed by atoms with van der Waals surface area (Å²) in [5, 5.41) is 0. The van der Waals surface area contributed by atoms with Gasteiger partial charge in [0, 0.05) is 50.2 Å². The average molecular weight is 355 g/mol. The van der Waals surface area contributed by atoms with Gasteiger partial charge >= 0.3 is 0 Å². The van der Waals surface area contributed by atoms with E-state index in [1.54, 1.807) is 18.7 Å². The van der Waals surface area contributed by atoms with Gasteiger partial charge in [-0.3, -0.25) is 14.7 Å². The minimum atomic E-state index is -0.121. The molecule has 2 aromatic rings. The van der Waals surface area contributed by atoms with Gasteiger partial charge in [-0.1, -0.05) is 6.07 Å². The standard InChI is InChI=1S/C20H25N3O3/c24-19(13-18-3-1-2-7-21-18)23-8-5-20(6-9-23)16-22(10-12-26-20)14-17-4-11-25-15-17/h1-4,7,11,15H,5-6,8-10,12-14,16H2. The van der Waals surface area contributed by atoms with E-state index in [9.17, 15) is 4.79 Å². The van der Waals surface area contributed by atoms with Crippen LogP contribution in [0.2, 0.25) is 0 Å². The summed E-state index contributed by atoms with van der Waals surface area (Å²) in [5.74, 6) is 0.157. The van der Waals surface area contributed by atoms with E-state index < -0.39 is 0 Å². The van der Waals surface area contributed by atoms with Crippen LogP contribution in [-0.2, 0) is 22.5 Å². The number of ether oxygens (including phenoxy) is 1. The van der Waals surface area contributed by atoms with Gasteiger partial charge in [0.1, 0.15) is 0 Å². The van der Waals surface area contributed by atoms with E-state index in [2.05, 4.69) is 9.88 Å². The zero-order valence-electron chi connectivity index (χ0n) is 15.0. The average Bonchev–Trinajstić information content (AvgIpc) is 3.16. The molecule has 138 valence electrons. The quantitative estimate of drug-likeness (QED) is 0.841. The zero-order chi connectivity index (χ0) is 17.8. The Morgan fingerprint density at radius 1 is 1.19 bits per heavy atom. The van der Waals surface area contributed by atoms with Gasteiger partial charge in [0.05, 0.1) is 31.2 Å². The molecular weight excluding hydrogens is 330 g/mol. The van der Waals surface area contributed by atoms with Gasteiger partial charge in [-0.05, 0) is 31.0 Å². The second-order valence-corrected chi connectivity index (χ2v) is 7.25. The third-order valence-electron chi connectivity index (χ3n) is 5.40. The van der Waals surface area contributed by atoms with Crippen molar-refractivity contribution in [1.82, 2.24) is 14.8 Å². The number of amides is 1. The summed E-state index contributed by atoms with van der Waals surface area (Å²) in [6.07, 6.45) is 7.42. The minimum absolute atomic E-state index is 0.121. The molecule has 0 saturated carbocycles. The molecule has 1 spiro atoms. The molecule has 2 aliphatic rings. The van der Waals surface area contributed by atoms with E-state index in [0.717, 1.165) is 57.9 Å². The lowest BCUT2D eigenvalue weighted by molar-refractivity contribution is -0.150. The topological polar surface area (TPSA) is 58.8 Å². The Balaban J connectivity index is 1.31. The van der Waals surface area contributed by atoms with Crippen molar-refractivity contribution in [2.45, 2.75) is 31.4 Å². The Bertz CT molecular complexity index is 709. The number of carbonyl (C=O) groups is 1. The largest absolute Gasteiger partial charge is 0.472 e. The molecule has 2 aliphatic heterocycles. The minimum Gasteiger partial charge on any atom is -0.472 e. The summed E-state index contributed by atoms with van der Waals surface area (Å²) in [5.41, 5.74) is 1.91. The molecule has 0 unspecified atom stereocenters. The number of pyridine rings is 1. The number of piperidine rings is 1. The van der Waals surface area contributed by atoms with E-state index in [-0.39, 0.29) is 11.5 Å². The lowest BCUT2D eigenvalue weighted by atomic mass is 9.89. The fraction of sp³-hybridized carbons (Fsp3) is 0.500. The maximum atomic E-state index is 12.5. The van der Waals surface area contributed by atoms with E-state index in [4.69, 9.17) is 9.15 Å². The molecule has 0 N–H and O–H groups in total. The molecule has 4 heterocycles. The normalized spacial score (nSPS) is 20.4. The van der Waals surface area contributed by atoms with Gasteiger partial charge in [0.15, 0.2) is 0 Å². The second-order valence-electron chi connectivity index (χ2n) is 7.25. The SMILES string of the molecule is O=C(Cc1ccccn1)N1CCC2(CC1)CN(Cc1ccoc1)CCO2. The van der Waals surface area contributed by atoms with Crippen molar-refractivity contribution in [3.05, 3.63) is 54.2 Å². The van der Waals surface area contributed by atoms with Crippen LogP contribution in [0.5, 0.6) is 0 Å². The molecule has 2 fully saturated rings. The molecule has 6 nitrogen and oxygen atoms in total. The molecule has 0 aliphatic carbocycles. The van der Waals surface area contributed by atoms with Gasteiger partial charge in [0.25, 0.3) is 0 Å². The lowest BCUT2D eigenvalue weighted by Crippen LogP contribution is -2.57. The van der Waals surface area contributed by atoms with Crippen LogP contribution >= 0.6 is 0 Å². The van der Waals surface area contributed by atoms with Gasteiger partial charge < -0.3 is 14.1 Å². The molecule has 2 aromatic heterocycles. The maximum absolute atomic E-state index is 12.5. The fourth-order valence-electron chi connectivity index (χ4n) is 3.93. The summed E-state index contributed by atoms with van der Waals surface area (Å²) in [6.45, 7) is 5.01. The number of hydrogen-bond acceptors (Lipinski definition) is 5. The molecule has 0 atom stereocenters. The molecule has 26 heavy (non-hydrogen) atoms. The van der Waals surface area contributed by atoms with Crippen molar-refractivity contribution >= 4 is 5.91 Å². The second kappa shape index (κ2) is 7.60. The van der Waals surface area contributed by atoms with Crippen molar-refractivity contribution in [2.75, 3.05) is 32.8 Å². The Labute approximate surface area is 153 Å². The van der Waals surface area contributed by atoms with Crippen LogP contribution < -0.4 is 0 Å². The van der Waals surface area contributed by atoms with Crippen LogP contribution in [0.4, 0.5) is 0 Å². The Kier molecular flexibility index (Phi) is 5.04. The summed E-state index contributed by atoms with van der Waals surface area (Å²) < 4.78 is 11.4. The first-order chi connectivity index (χ1) is 12.7. The highest BCUT2D eigenvalue weighted by Gasteiger charge is 2.40. The van der Waals surface area contributed by atoms with Crippen molar-refractivity contribution in [3.8, 4) is 0 Å². The van der Waals surface area contributed by atoms with E-state index >= 15 is 0 Å². The van der Waals surface area contributed by atoms with E-state index in [1.165, 1.54) is 5.56 Å². The maximum Gasteiger partial charge on any atom is 0.228 e. The highest BCUT2D eigenvalue weighted by atomic mass is 16.5. The van der Waals surface area contributed by atoms with Crippen LogP contribution in [-0.4, -0.2) is 59.1 Å². The predicted molar refractivity (Wildman–Crippen MR) is 96.4 cm³/mol. The number of furan rings is 1. The van der Waals surface area contributed by atoms with Crippen LogP contribution in [0.1, 0.15) is 24.1 Å². The predicted octanol–water partition coefficient (Wildman–Crippen LogP) is 2.11. The number of hydrogen-bond donors (Lipinski definition) is 0. The Morgan fingerprint density at radius 3 is 2.81 bits per heavy atom. The smallest absolute Gasteiger partial charge is 0.228 e. The summed E-state index contributed by atoms with van der Waals surface area (Å²) in [7, 11) is 0. The zero-order valence-corrected chi connectivity index (χ0v) is 15.0. The molecule has 2 saturated heterocycles. The summed E-state index contributed by atoms with van der Waals surface area (Å²) >= 11 is 0. The third kappa shape index (κ3) is 3.97. The van der Waals surface area contributed by atoms with Gasteiger partial charge in [-0.15, -0.1) is 0 Å². The molecule has 1 amide bonds. The molecule has 0 radical (unpaired) electrons. The fourth-order valence-corrected chi connectivity index (χ4v) is 3.93. The Morgan fingerprint density at radius 2 is 2.08 bits per heavy atom. The highest BCUT2D eigenvalue weighted by Crippen LogP contribution is 2.31. The van der Waals surface area contributed by atoms with Gasteiger partial charge in [-0.25, -0.2) is 0 Å². The third-order valence-corrected chi connectivity index (χ3v) is 5.40. The lowest BCUT2D eigenvalue weighted by Gasteiger charge is -2.47. The molecule has 0 bridgehead atoms. The number of morpholine rings is 1. The van der Waals surface area contributed by atoms with Crippen LogP contribution in [0.25, 0.3) is 0 Å².